The molecule has 3 aliphatic heterocycles. The van der Waals surface area contributed by atoms with E-state index in [9.17, 15) is 23.1 Å². The Balaban J connectivity index is 1.52. The SMILES string of the molecule is CN1CCCC1COc1nc(N2CCC3(CN(C(=O)O)C3)C2)c2cc(Cl)c(Br)c(OCC(F)(F)F)c2n1. The number of carboxylic acid groups (broad SMARTS) is 1. The Bertz CT molecular complexity index is 1210. The molecule has 9 nitrogen and oxygen atoms in total. The lowest BCUT2D eigenvalue weighted by molar-refractivity contribution is -0.153. The number of hydrogen-bond donors (Lipinski definition) is 1. The largest absolute Gasteiger partial charge is 0.481 e. The number of benzene rings is 1. The molecule has 0 bridgehead atoms. The molecular weight excluding hydrogens is 583 g/mol. The average molecular weight is 609 g/mol. The zero-order chi connectivity index (χ0) is 26.5. The van der Waals surface area contributed by atoms with Gasteiger partial charge in [0.15, 0.2) is 12.4 Å². The van der Waals surface area contributed by atoms with Gasteiger partial charge in [0.1, 0.15) is 17.9 Å². The molecule has 5 rings (SSSR count). The minimum atomic E-state index is -4.56. The van der Waals surface area contributed by atoms with Gasteiger partial charge in [0, 0.05) is 43.0 Å². The van der Waals surface area contributed by atoms with Crippen molar-refractivity contribution in [1.82, 2.24) is 19.8 Å². The first-order valence-electron chi connectivity index (χ1n) is 11.9. The highest BCUT2D eigenvalue weighted by Gasteiger charge is 2.50. The third-order valence-electron chi connectivity index (χ3n) is 7.32. The predicted octanol–water partition coefficient (Wildman–Crippen LogP) is 4.65. The van der Waals surface area contributed by atoms with Gasteiger partial charge in [-0.15, -0.1) is 0 Å². The molecule has 3 aliphatic rings. The van der Waals surface area contributed by atoms with Crippen LogP contribution in [0.2, 0.25) is 5.02 Å². The van der Waals surface area contributed by atoms with Gasteiger partial charge in [0.2, 0.25) is 0 Å². The Hall–Kier alpha value is -2.25. The first-order chi connectivity index (χ1) is 17.4. The quantitative estimate of drug-likeness (QED) is 0.507. The van der Waals surface area contributed by atoms with Gasteiger partial charge in [-0.25, -0.2) is 4.79 Å². The van der Waals surface area contributed by atoms with E-state index in [1.54, 1.807) is 6.07 Å². The lowest BCUT2D eigenvalue weighted by atomic mass is 9.79. The van der Waals surface area contributed by atoms with Gasteiger partial charge >= 0.3 is 18.3 Å². The molecule has 3 fully saturated rings. The van der Waals surface area contributed by atoms with Crippen LogP contribution in [0.15, 0.2) is 10.5 Å². The summed E-state index contributed by atoms with van der Waals surface area (Å²) in [6, 6.07) is 1.82. The molecule has 0 saturated carbocycles. The number of amides is 1. The number of nitrogens with zero attached hydrogens (tertiary/aromatic N) is 5. The number of fused-ring (bicyclic) bond motifs is 1. The van der Waals surface area contributed by atoms with Crippen LogP contribution in [0.3, 0.4) is 0 Å². The average Bonchev–Trinajstić information content (AvgIpc) is 3.42. The van der Waals surface area contributed by atoms with Crippen LogP contribution in [0.1, 0.15) is 19.3 Å². The molecule has 1 N–H and O–H groups in total. The number of carbonyl (C=O) groups is 1. The molecule has 0 aliphatic carbocycles. The number of likely N-dealkylation sites (N-methyl/N-ethyl adjacent to an activating group) is 1. The summed E-state index contributed by atoms with van der Waals surface area (Å²) >= 11 is 9.64. The highest BCUT2D eigenvalue weighted by molar-refractivity contribution is 9.10. The lowest BCUT2D eigenvalue weighted by Crippen LogP contribution is -2.59. The Morgan fingerprint density at radius 3 is 2.68 bits per heavy atom. The summed E-state index contributed by atoms with van der Waals surface area (Å²) in [6.07, 6.45) is -2.73. The van der Waals surface area contributed by atoms with Gasteiger partial charge in [-0.05, 0) is 54.9 Å². The standard InChI is InChI=1S/C23H26BrClF3N5O4/c1-31-5-2-3-13(31)8-36-20-29-17-14(7-15(25)16(24)18(17)37-12-23(26,27)28)19(30-20)32-6-4-22(9-32)10-33(11-22)21(34)35/h7,13H,2-6,8-12H2,1H3,(H,34,35). The van der Waals surface area contributed by atoms with Crippen molar-refractivity contribution in [1.29, 1.82) is 0 Å². The summed E-state index contributed by atoms with van der Waals surface area (Å²) in [5.41, 5.74) is -0.0418. The van der Waals surface area contributed by atoms with Gasteiger partial charge in [0.05, 0.1) is 9.50 Å². The minimum Gasteiger partial charge on any atom is -0.481 e. The number of anilines is 1. The fourth-order valence-electron chi connectivity index (χ4n) is 5.37. The lowest BCUT2D eigenvalue weighted by Gasteiger charge is -2.46. The summed E-state index contributed by atoms with van der Waals surface area (Å²) in [7, 11) is 2.01. The van der Waals surface area contributed by atoms with E-state index in [-0.39, 0.29) is 38.2 Å². The highest BCUT2D eigenvalue weighted by Crippen LogP contribution is 2.46. The fraction of sp³-hybridized carbons (Fsp3) is 0.609. The van der Waals surface area contributed by atoms with Crippen molar-refractivity contribution in [2.45, 2.75) is 31.5 Å². The maximum absolute atomic E-state index is 13.0. The topological polar surface area (TPSA) is 91.3 Å². The van der Waals surface area contributed by atoms with E-state index in [2.05, 4.69) is 30.8 Å². The number of likely N-dealkylation sites (tertiary alicyclic amines) is 2. The van der Waals surface area contributed by atoms with Crippen LogP contribution in [0.4, 0.5) is 23.8 Å². The van der Waals surface area contributed by atoms with Gasteiger partial charge in [0.25, 0.3) is 0 Å². The third-order valence-corrected chi connectivity index (χ3v) is 8.63. The van der Waals surface area contributed by atoms with Crippen LogP contribution in [-0.2, 0) is 0 Å². The molecule has 4 heterocycles. The molecule has 2 aromatic rings. The van der Waals surface area contributed by atoms with Crippen LogP contribution in [-0.4, -0.2) is 96.2 Å². The molecule has 202 valence electrons. The van der Waals surface area contributed by atoms with Crippen molar-refractivity contribution in [3.05, 3.63) is 15.6 Å². The number of ether oxygens (including phenoxy) is 2. The summed E-state index contributed by atoms with van der Waals surface area (Å²) in [6.45, 7) is 1.77. The monoisotopic (exact) mass is 607 g/mol. The first-order valence-corrected chi connectivity index (χ1v) is 13.1. The molecule has 1 amide bonds. The van der Waals surface area contributed by atoms with E-state index < -0.39 is 18.9 Å². The summed E-state index contributed by atoms with van der Waals surface area (Å²) < 4.78 is 50.4. The van der Waals surface area contributed by atoms with E-state index >= 15 is 0 Å². The molecule has 1 spiro atoms. The van der Waals surface area contributed by atoms with Crippen LogP contribution in [0.5, 0.6) is 11.8 Å². The van der Waals surface area contributed by atoms with E-state index in [1.165, 1.54) is 4.90 Å². The maximum Gasteiger partial charge on any atom is 0.422 e. The van der Waals surface area contributed by atoms with Crippen LogP contribution >= 0.6 is 27.5 Å². The van der Waals surface area contributed by atoms with Crippen molar-refractivity contribution in [3.8, 4) is 11.8 Å². The Morgan fingerprint density at radius 2 is 2.03 bits per heavy atom. The second-order valence-corrected chi connectivity index (χ2v) is 11.2. The highest BCUT2D eigenvalue weighted by atomic mass is 79.9. The van der Waals surface area contributed by atoms with Crippen LogP contribution < -0.4 is 14.4 Å². The Labute approximate surface area is 224 Å². The molecule has 1 aromatic carbocycles. The van der Waals surface area contributed by atoms with Crippen LogP contribution in [0, 0.1) is 5.41 Å². The molecule has 1 aromatic heterocycles. The zero-order valence-corrected chi connectivity index (χ0v) is 22.4. The van der Waals surface area contributed by atoms with Crippen molar-refractivity contribution in [2.75, 3.05) is 57.9 Å². The molecule has 0 radical (unpaired) electrons. The molecule has 1 atom stereocenters. The minimum absolute atomic E-state index is 0.0376. The molecule has 1 unspecified atom stereocenters. The van der Waals surface area contributed by atoms with Gasteiger partial charge in [-0.1, -0.05) is 11.6 Å². The van der Waals surface area contributed by atoms with E-state index in [1.807, 2.05) is 11.9 Å². The van der Waals surface area contributed by atoms with Crippen molar-refractivity contribution >= 4 is 50.3 Å². The predicted molar refractivity (Wildman–Crippen MR) is 134 cm³/mol. The summed E-state index contributed by atoms with van der Waals surface area (Å²) in [4.78, 5) is 26.0. The van der Waals surface area contributed by atoms with Crippen LogP contribution in [0.25, 0.3) is 10.9 Å². The Kier molecular flexibility index (Phi) is 6.99. The molecule has 14 heteroatoms. The molecule has 3 saturated heterocycles. The van der Waals surface area contributed by atoms with Gasteiger partial charge in [-0.3, -0.25) is 0 Å². The number of rotatable bonds is 6. The number of hydrogen-bond acceptors (Lipinski definition) is 7. The van der Waals surface area contributed by atoms with Gasteiger partial charge < -0.3 is 29.3 Å². The van der Waals surface area contributed by atoms with E-state index in [0.29, 0.717) is 44.0 Å². The number of alkyl halides is 3. The molecule has 37 heavy (non-hydrogen) atoms. The van der Waals surface area contributed by atoms with Crippen molar-refractivity contribution < 1.29 is 32.5 Å². The second kappa shape index (κ2) is 9.81. The summed E-state index contributed by atoms with van der Waals surface area (Å²) in [5.74, 6) is 0.331. The zero-order valence-electron chi connectivity index (χ0n) is 20.0. The third kappa shape index (κ3) is 5.35. The fourth-order valence-corrected chi connectivity index (χ4v) is 5.98. The number of aromatic nitrogens is 2. The maximum atomic E-state index is 13.0. The van der Waals surface area contributed by atoms with E-state index in [0.717, 1.165) is 25.8 Å². The second-order valence-electron chi connectivity index (χ2n) is 10.0. The molecular formula is C23H26BrClF3N5O4. The smallest absolute Gasteiger partial charge is 0.422 e. The number of halogens is 5. The van der Waals surface area contributed by atoms with Crippen molar-refractivity contribution in [3.63, 3.8) is 0 Å². The summed E-state index contributed by atoms with van der Waals surface area (Å²) in [5, 5.41) is 9.85. The van der Waals surface area contributed by atoms with Gasteiger partial charge in [-0.2, -0.15) is 23.1 Å². The van der Waals surface area contributed by atoms with Crippen molar-refractivity contribution in [2.24, 2.45) is 5.41 Å². The Morgan fingerprint density at radius 1 is 1.27 bits per heavy atom. The van der Waals surface area contributed by atoms with E-state index in [4.69, 9.17) is 21.1 Å². The first kappa shape index (κ1) is 26.4. The normalized spacial score (nSPS) is 21.6.